The number of halogens is 6. The summed E-state index contributed by atoms with van der Waals surface area (Å²) in [4.78, 5) is 35.2. The number of piperidine rings is 1. The molecule has 218 valence electrons. The number of carbonyl (C=O) groups excluding carboxylic acids is 2. The Morgan fingerprint density at radius 3 is 2.27 bits per heavy atom. The number of amides is 2. The smallest absolute Gasteiger partial charge is 0.408 e. The minimum absolute atomic E-state index is 0.00206. The zero-order valence-electron chi connectivity index (χ0n) is 21.9. The van der Waals surface area contributed by atoms with Crippen molar-refractivity contribution in [2.24, 2.45) is 0 Å². The van der Waals surface area contributed by atoms with Crippen molar-refractivity contribution in [2.45, 2.75) is 88.8 Å². The van der Waals surface area contributed by atoms with Crippen molar-refractivity contribution in [3.63, 3.8) is 0 Å². The average Bonchev–Trinajstić information content (AvgIpc) is 3.14. The van der Waals surface area contributed by atoms with Crippen molar-refractivity contribution >= 4 is 17.6 Å². The summed E-state index contributed by atoms with van der Waals surface area (Å²) in [7, 11) is 0. The maximum Gasteiger partial charge on any atom is 0.408 e. The fraction of sp³-hybridized carbons (Fsp3) is 0.538. The van der Waals surface area contributed by atoms with E-state index in [9.17, 15) is 35.9 Å². The van der Waals surface area contributed by atoms with Crippen LogP contribution in [0.4, 0.5) is 32.2 Å². The topological polar surface area (TPSA) is 96.5 Å². The summed E-state index contributed by atoms with van der Waals surface area (Å²) in [5, 5.41) is 4.82. The summed E-state index contributed by atoms with van der Waals surface area (Å²) >= 11 is 0. The fourth-order valence-electron chi connectivity index (χ4n) is 5.04. The van der Waals surface area contributed by atoms with Crippen molar-refractivity contribution in [3.8, 4) is 5.88 Å². The number of aromatic nitrogens is 2. The second kappa shape index (κ2) is 11.1. The molecule has 4 heterocycles. The molecular weight excluding hydrogens is 544 g/mol. The van der Waals surface area contributed by atoms with Crippen LogP contribution in [-0.2, 0) is 4.79 Å². The number of rotatable bonds is 8. The molecule has 2 N–H and O–H groups in total. The van der Waals surface area contributed by atoms with Crippen LogP contribution >= 0.6 is 0 Å². The number of nitrogens with one attached hydrogen (secondary N) is 2. The molecule has 2 aliphatic heterocycles. The number of anilines is 1. The van der Waals surface area contributed by atoms with Gasteiger partial charge in [0.2, 0.25) is 5.88 Å². The highest BCUT2D eigenvalue weighted by atomic mass is 19.4. The van der Waals surface area contributed by atoms with Gasteiger partial charge in [0.15, 0.2) is 5.60 Å². The Morgan fingerprint density at radius 2 is 1.73 bits per heavy atom. The van der Waals surface area contributed by atoms with Crippen LogP contribution in [0.1, 0.15) is 68.8 Å². The van der Waals surface area contributed by atoms with E-state index in [0.29, 0.717) is 24.7 Å². The molecule has 4 atom stereocenters. The molecular formula is C26H29F6N5O3. The molecule has 14 heteroatoms. The highest BCUT2D eigenvalue weighted by Gasteiger charge is 2.43. The second-order valence-electron chi connectivity index (χ2n) is 10.5. The lowest BCUT2D eigenvalue weighted by atomic mass is 9.96. The molecule has 2 amide bonds. The lowest BCUT2D eigenvalue weighted by Crippen LogP contribution is -2.55. The lowest BCUT2D eigenvalue weighted by Gasteiger charge is -2.40. The third-order valence-corrected chi connectivity index (χ3v) is 7.16. The molecule has 1 unspecified atom stereocenters. The first-order chi connectivity index (χ1) is 18.7. The van der Waals surface area contributed by atoms with Crippen LogP contribution in [0.3, 0.4) is 0 Å². The largest absolute Gasteiger partial charge is 0.461 e. The molecule has 2 aromatic rings. The number of alkyl halides is 5. The third kappa shape index (κ3) is 6.41. The van der Waals surface area contributed by atoms with E-state index in [4.69, 9.17) is 4.74 Å². The van der Waals surface area contributed by atoms with Crippen molar-refractivity contribution in [3.05, 3.63) is 47.5 Å². The Bertz CT molecular complexity index is 1230. The van der Waals surface area contributed by atoms with Gasteiger partial charge in [-0.05, 0) is 64.7 Å². The normalized spacial score (nSPS) is 21.8. The van der Waals surface area contributed by atoms with Crippen LogP contribution in [-0.4, -0.2) is 57.7 Å². The first-order valence-corrected chi connectivity index (χ1v) is 12.7. The van der Waals surface area contributed by atoms with Crippen molar-refractivity contribution in [2.75, 3.05) is 4.90 Å². The van der Waals surface area contributed by atoms with Gasteiger partial charge < -0.3 is 20.3 Å². The fourth-order valence-corrected chi connectivity index (χ4v) is 5.04. The Labute approximate surface area is 226 Å². The number of hydrogen-bond donors (Lipinski definition) is 2. The first kappa shape index (κ1) is 29.4. The monoisotopic (exact) mass is 573 g/mol. The number of carbonyl (C=O) groups is 2. The van der Waals surface area contributed by atoms with Gasteiger partial charge in [-0.2, -0.15) is 13.2 Å². The summed E-state index contributed by atoms with van der Waals surface area (Å²) in [6.45, 7) is 3.67. The molecule has 2 aromatic heterocycles. The summed E-state index contributed by atoms with van der Waals surface area (Å²) in [5.41, 5.74) is -2.33. The van der Waals surface area contributed by atoms with E-state index in [1.54, 1.807) is 6.07 Å². The summed E-state index contributed by atoms with van der Waals surface area (Å²) in [5.74, 6) is -2.32. The molecule has 0 saturated carbocycles. The van der Waals surface area contributed by atoms with Gasteiger partial charge in [0.05, 0.1) is 17.3 Å². The van der Waals surface area contributed by atoms with Gasteiger partial charge >= 0.3 is 6.18 Å². The third-order valence-electron chi connectivity index (χ3n) is 7.16. The number of ether oxygens (including phenoxy) is 1. The minimum atomic E-state index is -4.56. The highest BCUT2D eigenvalue weighted by molar-refractivity contribution is 5.94. The molecule has 40 heavy (non-hydrogen) atoms. The van der Waals surface area contributed by atoms with Gasteiger partial charge in [-0.3, -0.25) is 9.59 Å². The molecule has 2 bridgehead atoms. The maximum atomic E-state index is 13.4. The van der Waals surface area contributed by atoms with Crippen LogP contribution in [0.5, 0.6) is 5.88 Å². The van der Waals surface area contributed by atoms with Crippen LogP contribution in [0.2, 0.25) is 0 Å². The van der Waals surface area contributed by atoms with Crippen LogP contribution in [0.15, 0.2) is 30.6 Å². The van der Waals surface area contributed by atoms with E-state index in [-0.39, 0.29) is 23.7 Å². The molecule has 0 aliphatic carbocycles. The molecule has 2 fully saturated rings. The summed E-state index contributed by atoms with van der Waals surface area (Å²) in [6, 6.07) is 1.40. The van der Waals surface area contributed by atoms with Crippen molar-refractivity contribution in [1.29, 1.82) is 0 Å². The van der Waals surface area contributed by atoms with Crippen LogP contribution < -0.4 is 20.3 Å². The number of pyridine rings is 2. The van der Waals surface area contributed by atoms with Crippen LogP contribution in [0, 0.1) is 5.82 Å². The van der Waals surface area contributed by atoms with E-state index in [0.717, 1.165) is 26.0 Å². The number of fused-ring (bicyclic) bond motifs is 2. The van der Waals surface area contributed by atoms with E-state index < -0.39 is 53.3 Å². The van der Waals surface area contributed by atoms with Crippen molar-refractivity contribution < 1.29 is 40.7 Å². The van der Waals surface area contributed by atoms with Gasteiger partial charge in [0.25, 0.3) is 18.2 Å². The van der Waals surface area contributed by atoms with Crippen LogP contribution in [0.25, 0.3) is 0 Å². The molecule has 0 aromatic carbocycles. The second-order valence-corrected chi connectivity index (χ2v) is 10.5. The number of nitrogens with zero attached hydrogens (tertiary/aromatic N) is 3. The standard InChI is InChI=1S/C26H29F6N5O3/c1-13(26(30,31)32)35-22(38)14-4-7-20(33-11-14)37-17-5-6-18(37)10-16(9-17)36-24(39)25(2,3)40-23-19(21(28)29)8-15(27)12-34-23/h4,7-8,11-13,16-18,21H,5-6,9-10H2,1-3H3,(H,35,38)(H,36,39)/t13-,16?,17-,18+/m0/s1. The zero-order valence-corrected chi connectivity index (χ0v) is 21.9. The van der Waals surface area contributed by atoms with E-state index in [1.165, 1.54) is 26.1 Å². The Hall–Kier alpha value is -3.58. The van der Waals surface area contributed by atoms with Gasteiger partial charge in [0.1, 0.15) is 17.7 Å². The molecule has 8 nitrogen and oxygen atoms in total. The molecule has 4 rings (SSSR count). The molecule has 2 saturated heterocycles. The van der Waals surface area contributed by atoms with Gasteiger partial charge in [-0.25, -0.2) is 23.1 Å². The summed E-state index contributed by atoms with van der Waals surface area (Å²) in [6.07, 6.45) is -2.88. The molecule has 2 aliphatic rings. The van der Waals surface area contributed by atoms with Gasteiger partial charge in [0, 0.05) is 24.3 Å². The lowest BCUT2D eigenvalue weighted by molar-refractivity contribution is -0.149. The minimum Gasteiger partial charge on any atom is -0.461 e. The highest BCUT2D eigenvalue weighted by Crippen LogP contribution is 2.39. The van der Waals surface area contributed by atoms with Crippen molar-refractivity contribution in [1.82, 2.24) is 20.6 Å². The Morgan fingerprint density at radius 1 is 1.07 bits per heavy atom. The maximum absolute atomic E-state index is 13.4. The summed E-state index contributed by atoms with van der Waals surface area (Å²) < 4.78 is 83.8. The predicted molar refractivity (Wildman–Crippen MR) is 132 cm³/mol. The Kier molecular flexibility index (Phi) is 8.18. The SMILES string of the molecule is C[C@H](NC(=O)c1ccc(N2[C@@H]3CC[C@H]2CC(NC(=O)C(C)(C)Oc2ncc(F)cc2C(F)F)C3)nc1)C(F)(F)F. The number of hydrogen-bond acceptors (Lipinski definition) is 6. The molecule has 0 spiro atoms. The van der Waals surface area contributed by atoms with Gasteiger partial charge in [-0.1, -0.05) is 0 Å². The average molecular weight is 574 g/mol. The van der Waals surface area contributed by atoms with E-state index >= 15 is 0 Å². The van der Waals surface area contributed by atoms with Gasteiger partial charge in [-0.15, -0.1) is 0 Å². The van der Waals surface area contributed by atoms with E-state index in [1.807, 2.05) is 5.32 Å². The predicted octanol–water partition coefficient (Wildman–Crippen LogP) is 4.71. The van der Waals surface area contributed by atoms with E-state index in [2.05, 4.69) is 20.2 Å². The molecule has 0 radical (unpaired) electrons. The zero-order chi connectivity index (χ0) is 29.4. The quantitative estimate of drug-likeness (QED) is 0.445. The first-order valence-electron chi connectivity index (χ1n) is 12.7. The Balaban J connectivity index is 1.37.